The summed E-state index contributed by atoms with van der Waals surface area (Å²) in [5.41, 5.74) is 2.34. The highest BCUT2D eigenvalue weighted by Gasteiger charge is 2.20. The fourth-order valence-corrected chi connectivity index (χ4v) is 4.29. The maximum absolute atomic E-state index is 13.0. The first-order valence-corrected chi connectivity index (χ1v) is 10.6. The van der Waals surface area contributed by atoms with Crippen LogP contribution in [0.1, 0.15) is 16.1 Å². The number of ketones is 1. The Balaban J connectivity index is 1.43. The molecule has 0 aliphatic rings. The minimum atomic E-state index is 0.0374. The van der Waals surface area contributed by atoms with Gasteiger partial charge < -0.3 is 8.98 Å². The Morgan fingerprint density at radius 2 is 2.03 bits per heavy atom. The molecule has 0 fully saturated rings. The maximum atomic E-state index is 13.0. The summed E-state index contributed by atoms with van der Waals surface area (Å²) in [5.74, 6) is 1.61. The van der Waals surface area contributed by atoms with Crippen LogP contribution in [0.5, 0.6) is 0 Å². The third-order valence-electron chi connectivity index (χ3n) is 4.93. The second-order valence-electron chi connectivity index (χ2n) is 6.95. The van der Waals surface area contributed by atoms with Gasteiger partial charge in [0.2, 0.25) is 0 Å². The molecule has 0 amide bonds. The van der Waals surface area contributed by atoms with E-state index < -0.39 is 0 Å². The van der Waals surface area contributed by atoms with E-state index in [1.165, 1.54) is 11.8 Å². The third-order valence-corrected chi connectivity index (χ3v) is 5.90. The van der Waals surface area contributed by atoms with Crippen molar-refractivity contribution in [1.29, 1.82) is 0 Å². The number of furan rings is 1. The lowest BCUT2D eigenvalue weighted by Gasteiger charge is -2.08. The summed E-state index contributed by atoms with van der Waals surface area (Å²) in [5, 5.41) is 10.2. The summed E-state index contributed by atoms with van der Waals surface area (Å²) >= 11 is 1.35. The van der Waals surface area contributed by atoms with Crippen molar-refractivity contribution in [3.8, 4) is 11.5 Å². The summed E-state index contributed by atoms with van der Waals surface area (Å²) in [6.07, 6.45) is 8.36. The van der Waals surface area contributed by atoms with Crippen LogP contribution in [-0.4, -0.2) is 40.8 Å². The van der Waals surface area contributed by atoms with E-state index in [0.717, 1.165) is 16.7 Å². The predicted molar refractivity (Wildman–Crippen MR) is 117 cm³/mol. The molecule has 4 heterocycles. The molecule has 0 aliphatic heterocycles. The van der Waals surface area contributed by atoms with E-state index in [4.69, 9.17) is 4.42 Å². The number of aryl methyl sites for hydroxylation is 1. The van der Waals surface area contributed by atoms with Gasteiger partial charge in [0.1, 0.15) is 11.5 Å². The number of hydrogen-bond acceptors (Lipinski definition) is 7. The number of carbonyl (C=O) groups is 1. The number of aromatic nitrogens is 6. The molecule has 5 rings (SSSR count). The summed E-state index contributed by atoms with van der Waals surface area (Å²) < 4.78 is 9.37. The molecule has 0 bridgehead atoms. The molecule has 154 valence electrons. The van der Waals surface area contributed by atoms with Gasteiger partial charge in [-0.1, -0.05) is 30.0 Å². The van der Waals surface area contributed by atoms with Gasteiger partial charge in [-0.3, -0.25) is 14.3 Å². The Bertz CT molecular complexity index is 1340. The average Bonchev–Trinajstić information content (AvgIpc) is 3.53. The van der Waals surface area contributed by atoms with Crippen LogP contribution in [-0.2, 0) is 13.6 Å². The van der Waals surface area contributed by atoms with Crippen LogP contribution in [0.4, 0.5) is 0 Å². The number of para-hydroxylation sites is 1. The highest BCUT2D eigenvalue weighted by atomic mass is 32.2. The average molecular weight is 430 g/mol. The number of benzene rings is 1. The van der Waals surface area contributed by atoms with Gasteiger partial charge in [-0.25, -0.2) is 4.98 Å². The van der Waals surface area contributed by atoms with Crippen molar-refractivity contribution in [3.05, 3.63) is 78.8 Å². The van der Waals surface area contributed by atoms with E-state index in [9.17, 15) is 4.79 Å². The van der Waals surface area contributed by atoms with Crippen molar-refractivity contribution in [3.63, 3.8) is 0 Å². The number of Topliss-reactive ketones (excluding diaryl/α,β-unsaturated/α-hetero) is 1. The number of rotatable bonds is 7. The number of fused-ring (bicyclic) bond motifs is 1. The molecule has 0 unspecified atom stereocenters. The molecule has 1 aromatic carbocycles. The van der Waals surface area contributed by atoms with Crippen LogP contribution in [0.2, 0.25) is 0 Å². The lowest BCUT2D eigenvalue weighted by atomic mass is 10.1. The van der Waals surface area contributed by atoms with E-state index in [1.54, 1.807) is 24.9 Å². The van der Waals surface area contributed by atoms with Crippen LogP contribution < -0.4 is 0 Å². The van der Waals surface area contributed by atoms with Crippen molar-refractivity contribution in [1.82, 2.24) is 29.3 Å². The van der Waals surface area contributed by atoms with E-state index in [1.807, 2.05) is 58.8 Å². The molecule has 0 atom stereocenters. The number of nitrogens with zero attached hydrogens (tertiary/aromatic N) is 6. The Kier molecular flexibility index (Phi) is 5.09. The van der Waals surface area contributed by atoms with Gasteiger partial charge in [-0.2, -0.15) is 0 Å². The third kappa shape index (κ3) is 3.75. The quantitative estimate of drug-likeness (QED) is 0.286. The molecule has 9 heteroatoms. The minimum Gasteiger partial charge on any atom is -0.467 e. The molecule has 5 aromatic rings. The van der Waals surface area contributed by atoms with Gasteiger partial charge in [-0.05, 0) is 18.2 Å². The molecule has 0 saturated carbocycles. The number of carbonyl (C=O) groups excluding carboxylic acids is 1. The largest absolute Gasteiger partial charge is 0.467 e. The standard InChI is InChI=1S/C22H18N6O2S/c1-27-13-17(16-6-2-3-7-19(16)27)20(29)14-31-22-26-25-21(18-11-23-8-9-24-18)28(22)12-15-5-4-10-30-15/h2-11,13H,12,14H2,1H3. The van der Waals surface area contributed by atoms with Gasteiger partial charge >= 0.3 is 0 Å². The van der Waals surface area contributed by atoms with Crippen molar-refractivity contribution in [2.75, 3.05) is 5.75 Å². The van der Waals surface area contributed by atoms with Crippen LogP contribution in [0.15, 0.2) is 77.0 Å². The fraction of sp³-hybridized carbons (Fsp3) is 0.136. The molecule has 0 saturated heterocycles. The number of hydrogen-bond donors (Lipinski definition) is 0. The zero-order valence-corrected chi connectivity index (χ0v) is 17.5. The topological polar surface area (TPSA) is 91.6 Å². The molecule has 4 aromatic heterocycles. The lowest BCUT2D eigenvalue weighted by Crippen LogP contribution is -2.07. The van der Waals surface area contributed by atoms with Gasteiger partial charge in [0.25, 0.3) is 0 Å². The Labute approximate surface area is 182 Å². The molecule has 0 spiro atoms. The van der Waals surface area contributed by atoms with E-state index in [0.29, 0.717) is 28.8 Å². The molecule has 0 radical (unpaired) electrons. The van der Waals surface area contributed by atoms with Crippen molar-refractivity contribution in [2.45, 2.75) is 11.7 Å². The van der Waals surface area contributed by atoms with Crippen LogP contribution in [0.3, 0.4) is 0 Å². The molecular formula is C22H18N6O2S. The predicted octanol–water partition coefficient (Wildman–Crippen LogP) is 3.84. The summed E-state index contributed by atoms with van der Waals surface area (Å²) in [4.78, 5) is 21.5. The van der Waals surface area contributed by atoms with Gasteiger partial charge in [-0.15, -0.1) is 10.2 Å². The Morgan fingerprint density at radius 1 is 1.13 bits per heavy atom. The van der Waals surface area contributed by atoms with E-state index >= 15 is 0 Å². The van der Waals surface area contributed by atoms with Crippen molar-refractivity contribution in [2.24, 2.45) is 7.05 Å². The van der Waals surface area contributed by atoms with Crippen LogP contribution in [0, 0.1) is 0 Å². The Hall–Kier alpha value is -3.72. The van der Waals surface area contributed by atoms with E-state index in [2.05, 4.69) is 20.2 Å². The smallest absolute Gasteiger partial charge is 0.192 e. The molecule has 8 nitrogen and oxygen atoms in total. The molecule has 31 heavy (non-hydrogen) atoms. The first-order valence-electron chi connectivity index (χ1n) is 9.63. The second kappa shape index (κ2) is 8.19. The van der Waals surface area contributed by atoms with Gasteiger partial charge in [0.05, 0.1) is 24.8 Å². The van der Waals surface area contributed by atoms with Crippen LogP contribution in [0.25, 0.3) is 22.4 Å². The van der Waals surface area contributed by atoms with Gasteiger partial charge in [0.15, 0.2) is 16.8 Å². The summed E-state index contributed by atoms with van der Waals surface area (Å²) in [7, 11) is 1.94. The zero-order valence-electron chi connectivity index (χ0n) is 16.7. The molecule has 0 N–H and O–H groups in total. The SMILES string of the molecule is Cn1cc(C(=O)CSc2nnc(-c3cnccn3)n2Cc2ccco2)c2ccccc21. The first-order chi connectivity index (χ1) is 15.2. The molecule has 0 aliphatic carbocycles. The molecular weight excluding hydrogens is 412 g/mol. The maximum Gasteiger partial charge on any atom is 0.192 e. The summed E-state index contributed by atoms with van der Waals surface area (Å²) in [6.45, 7) is 0.427. The lowest BCUT2D eigenvalue weighted by molar-refractivity contribution is 0.102. The summed E-state index contributed by atoms with van der Waals surface area (Å²) in [6, 6.07) is 11.6. The highest BCUT2D eigenvalue weighted by Crippen LogP contribution is 2.26. The monoisotopic (exact) mass is 430 g/mol. The first kappa shape index (κ1) is 19.3. The normalized spacial score (nSPS) is 11.3. The van der Waals surface area contributed by atoms with Crippen molar-refractivity contribution < 1.29 is 9.21 Å². The Morgan fingerprint density at radius 3 is 2.84 bits per heavy atom. The fourth-order valence-electron chi connectivity index (χ4n) is 3.47. The van der Waals surface area contributed by atoms with Gasteiger partial charge in [0, 0.05) is 42.1 Å². The highest BCUT2D eigenvalue weighted by molar-refractivity contribution is 7.99. The van der Waals surface area contributed by atoms with E-state index in [-0.39, 0.29) is 11.5 Å². The minimum absolute atomic E-state index is 0.0374. The van der Waals surface area contributed by atoms with Crippen LogP contribution >= 0.6 is 11.8 Å². The number of thioether (sulfide) groups is 1. The second-order valence-corrected chi connectivity index (χ2v) is 7.89. The van der Waals surface area contributed by atoms with Crippen molar-refractivity contribution >= 4 is 28.4 Å². The zero-order chi connectivity index (χ0) is 21.2.